The maximum atomic E-state index is 5.99. The topological polar surface area (TPSA) is 42.7 Å². The quantitative estimate of drug-likeness (QED) is 0.772. The van der Waals surface area contributed by atoms with Crippen LogP contribution in [0.3, 0.4) is 0 Å². The molecule has 0 bridgehead atoms. The van der Waals surface area contributed by atoms with Crippen molar-refractivity contribution in [2.75, 3.05) is 5.32 Å². The van der Waals surface area contributed by atoms with Gasteiger partial charge >= 0.3 is 0 Å². The van der Waals surface area contributed by atoms with Crippen LogP contribution in [0.1, 0.15) is 28.9 Å². The van der Waals surface area contributed by atoms with Gasteiger partial charge in [0.1, 0.15) is 6.33 Å². The number of halogens is 1. The number of nitrogens with zero attached hydrogens (tertiary/aromatic N) is 3. The third-order valence-electron chi connectivity index (χ3n) is 3.77. The zero-order valence-electron chi connectivity index (χ0n) is 11.1. The van der Waals surface area contributed by atoms with E-state index in [1.165, 1.54) is 10.4 Å². The number of fused-ring (bicyclic) bond motifs is 1. The number of rotatable bonds is 2. The van der Waals surface area contributed by atoms with Crippen molar-refractivity contribution in [2.45, 2.75) is 18.5 Å². The summed E-state index contributed by atoms with van der Waals surface area (Å²) in [7, 11) is 0. The lowest BCUT2D eigenvalue weighted by molar-refractivity contribution is 0.433. The third-order valence-corrected chi connectivity index (χ3v) is 5.01. The van der Waals surface area contributed by atoms with Gasteiger partial charge in [-0.3, -0.25) is 0 Å². The van der Waals surface area contributed by atoms with Crippen LogP contribution in [0, 0.1) is 0 Å². The van der Waals surface area contributed by atoms with E-state index in [0.717, 1.165) is 17.4 Å². The van der Waals surface area contributed by atoms with Crippen LogP contribution in [0.25, 0.3) is 0 Å². The van der Waals surface area contributed by atoms with Gasteiger partial charge in [0.2, 0.25) is 5.95 Å². The second-order valence-corrected chi connectivity index (χ2v) is 6.46. The van der Waals surface area contributed by atoms with Gasteiger partial charge < -0.3 is 5.32 Å². The van der Waals surface area contributed by atoms with Gasteiger partial charge in [0.05, 0.1) is 12.1 Å². The predicted molar refractivity (Wildman–Crippen MR) is 84.9 cm³/mol. The van der Waals surface area contributed by atoms with Crippen molar-refractivity contribution < 1.29 is 0 Å². The SMILES string of the molecule is Clc1ccc([C@@H]2C[C@@H](c3cccs3)Nc3ncnn32)cc1. The van der Waals surface area contributed by atoms with Gasteiger partial charge in [-0.25, -0.2) is 4.68 Å². The lowest BCUT2D eigenvalue weighted by Crippen LogP contribution is -2.27. The Morgan fingerprint density at radius 1 is 1.24 bits per heavy atom. The summed E-state index contributed by atoms with van der Waals surface area (Å²) in [4.78, 5) is 5.65. The Labute approximate surface area is 131 Å². The maximum absolute atomic E-state index is 5.99. The molecule has 2 atom stereocenters. The monoisotopic (exact) mass is 316 g/mol. The molecule has 0 amide bonds. The standard InChI is InChI=1S/C15H13ClN4S/c16-11-5-3-10(4-6-11)13-8-12(14-2-1-7-21-14)19-15-17-9-18-20(13)15/h1-7,9,12-13H,8H2,(H,17,18,19)/t12-,13-/m0/s1. The molecule has 2 aromatic heterocycles. The second kappa shape index (κ2) is 5.16. The molecule has 0 saturated carbocycles. The summed E-state index contributed by atoms with van der Waals surface area (Å²) in [6.45, 7) is 0. The normalized spacial score (nSPS) is 20.8. The lowest BCUT2D eigenvalue weighted by Gasteiger charge is -2.31. The number of thiophene rings is 1. The highest BCUT2D eigenvalue weighted by Gasteiger charge is 2.30. The average Bonchev–Trinajstić information content (AvgIpc) is 3.18. The molecule has 3 aromatic rings. The van der Waals surface area contributed by atoms with E-state index in [2.05, 4.69) is 45.0 Å². The van der Waals surface area contributed by atoms with Gasteiger partial charge in [-0.15, -0.1) is 11.3 Å². The Morgan fingerprint density at radius 2 is 2.10 bits per heavy atom. The smallest absolute Gasteiger partial charge is 0.222 e. The van der Waals surface area contributed by atoms with E-state index in [0.29, 0.717) is 0 Å². The molecule has 4 rings (SSSR count). The molecule has 1 aliphatic rings. The Balaban J connectivity index is 1.74. The number of anilines is 1. The number of aromatic nitrogens is 3. The Bertz CT molecular complexity index is 735. The van der Waals surface area contributed by atoms with Crippen molar-refractivity contribution in [3.8, 4) is 0 Å². The Kier molecular flexibility index (Phi) is 3.16. The van der Waals surface area contributed by atoms with Crippen LogP contribution in [0.5, 0.6) is 0 Å². The molecule has 3 heterocycles. The van der Waals surface area contributed by atoms with E-state index in [1.807, 2.05) is 16.8 Å². The van der Waals surface area contributed by atoms with Gasteiger partial charge in [0, 0.05) is 9.90 Å². The molecule has 0 saturated heterocycles. The van der Waals surface area contributed by atoms with Crippen LogP contribution < -0.4 is 5.32 Å². The third kappa shape index (κ3) is 2.32. The summed E-state index contributed by atoms with van der Waals surface area (Å²) in [6.07, 6.45) is 2.54. The van der Waals surface area contributed by atoms with Gasteiger partial charge in [-0.1, -0.05) is 29.8 Å². The number of nitrogens with one attached hydrogen (secondary N) is 1. The molecular formula is C15H13ClN4S. The zero-order valence-corrected chi connectivity index (χ0v) is 12.7. The van der Waals surface area contributed by atoms with E-state index in [-0.39, 0.29) is 12.1 Å². The highest BCUT2D eigenvalue weighted by molar-refractivity contribution is 7.10. The molecule has 1 N–H and O–H groups in total. The molecule has 0 unspecified atom stereocenters. The van der Waals surface area contributed by atoms with Gasteiger partial charge in [0.25, 0.3) is 0 Å². The predicted octanol–water partition coefficient (Wildman–Crippen LogP) is 4.14. The van der Waals surface area contributed by atoms with Crippen molar-refractivity contribution in [3.05, 3.63) is 63.6 Å². The second-order valence-electron chi connectivity index (χ2n) is 5.04. The van der Waals surface area contributed by atoms with Crippen molar-refractivity contribution in [1.82, 2.24) is 14.8 Å². The van der Waals surface area contributed by atoms with Crippen LogP contribution >= 0.6 is 22.9 Å². The van der Waals surface area contributed by atoms with Crippen molar-refractivity contribution >= 4 is 28.9 Å². The van der Waals surface area contributed by atoms with Crippen molar-refractivity contribution in [1.29, 1.82) is 0 Å². The molecule has 1 aromatic carbocycles. The summed E-state index contributed by atoms with van der Waals surface area (Å²) in [5.41, 5.74) is 1.20. The first kappa shape index (κ1) is 12.9. The van der Waals surface area contributed by atoms with E-state index < -0.39 is 0 Å². The fourth-order valence-electron chi connectivity index (χ4n) is 2.76. The number of hydrogen-bond donors (Lipinski definition) is 1. The first-order valence-corrected chi connectivity index (χ1v) is 8.02. The Morgan fingerprint density at radius 3 is 2.86 bits per heavy atom. The molecule has 0 spiro atoms. The molecule has 21 heavy (non-hydrogen) atoms. The minimum atomic E-state index is 0.174. The Hall–Kier alpha value is -1.85. The number of hydrogen-bond acceptors (Lipinski definition) is 4. The first-order chi connectivity index (χ1) is 10.3. The molecule has 106 valence electrons. The average molecular weight is 317 g/mol. The summed E-state index contributed by atoms with van der Waals surface area (Å²) in [6, 6.07) is 12.7. The van der Waals surface area contributed by atoms with E-state index in [9.17, 15) is 0 Å². The molecule has 4 nitrogen and oxygen atoms in total. The van der Waals surface area contributed by atoms with E-state index in [1.54, 1.807) is 17.7 Å². The van der Waals surface area contributed by atoms with E-state index >= 15 is 0 Å². The molecule has 0 fully saturated rings. The van der Waals surface area contributed by atoms with Gasteiger partial charge in [-0.2, -0.15) is 10.1 Å². The van der Waals surface area contributed by atoms with Crippen molar-refractivity contribution in [3.63, 3.8) is 0 Å². The minimum absolute atomic E-state index is 0.174. The van der Waals surface area contributed by atoms with Crippen LogP contribution in [-0.4, -0.2) is 14.8 Å². The summed E-state index contributed by atoms with van der Waals surface area (Å²) in [5, 5.41) is 10.7. The largest absolute Gasteiger partial charge is 0.347 e. The van der Waals surface area contributed by atoms with Gasteiger partial charge in [-0.05, 0) is 35.6 Å². The molecule has 0 radical (unpaired) electrons. The maximum Gasteiger partial charge on any atom is 0.222 e. The molecule has 1 aliphatic heterocycles. The summed E-state index contributed by atoms with van der Waals surface area (Å²) < 4.78 is 1.95. The fourth-order valence-corrected chi connectivity index (χ4v) is 3.68. The molecular weight excluding hydrogens is 304 g/mol. The first-order valence-electron chi connectivity index (χ1n) is 6.76. The number of benzene rings is 1. The summed E-state index contributed by atoms with van der Waals surface area (Å²) in [5.74, 6) is 0.819. The molecule has 0 aliphatic carbocycles. The summed E-state index contributed by atoms with van der Waals surface area (Å²) >= 11 is 7.76. The van der Waals surface area contributed by atoms with Gasteiger partial charge in [0.15, 0.2) is 0 Å². The highest BCUT2D eigenvalue weighted by atomic mass is 35.5. The minimum Gasteiger partial charge on any atom is -0.347 e. The molecule has 6 heteroatoms. The van der Waals surface area contributed by atoms with Crippen LogP contribution in [0.15, 0.2) is 48.1 Å². The van der Waals surface area contributed by atoms with Crippen LogP contribution in [0.2, 0.25) is 5.02 Å². The highest BCUT2D eigenvalue weighted by Crippen LogP contribution is 2.38. The zero-order chi connectivity index (χ0) is 14.2. The van der Waals surface area contributed by atoms with Crippen LogP contribution in [0.4, 0.5) is 5.95 Å². The van der Waals surface area contributed by atoms with Crippen molar-refractivity contribution in [2.24, 2.45) is 0 Å². The van der Waals surface area contributed by atoms with E-state index in [4.69, 9.17) is 11.6 Å². The fraction of sp³-hybridized carbons (Fsp3) is 0.200. The van der Waals surface area contributed by atoms with Crippen LogP contribution in [-0.2, 0) is 0 Å². The lowest BCUT2D eigenvalue weighted by atomic mass is 9.97.